The van der Waals surface area contributed by atoms with Crippen LogP contribution in [0.4, 0.5) is 0 Å². The number of aryl methyl sites for hydroxylation is 2. The minimum atomic E-state index is 0.132. The van der Waals surface area contributed by atoms with Gasteiger partial charge in [0.15, 0.2) is 0 Å². The quantitative estimate of drug-likeness (QED) is 0.618. The lowest BCUT2D eigenvalue weighted by Gasteiger charge is -2.21. The normalized spacial score (nSPS) is 14.4. The first kappa shape index (κ1) is 12.4. The number of hydrogen-bond donors (Lipinski definition) is 2. The van der Waals surface area contributed by atoms with Crippen molar-refractivity contribution in [1.29, 1.82) is 5.41 Å². The van der Waals surface area contributed by atoms with Gasteiger partial charge in [0.1, 0.15) is 5.84 Å². The van der Waals surface area contributed by atoms with Crippen LogP contribution >= 0.6 is 11.6 Å². The fourth-order valence-corrected chi connectivity index (χ4v) is 3.06. The van der Waals surface area contributed by atoms with Crippen LogP contribution in [0.25, 0.3) is 10.9 Å². The summed E-state index contributed by atoms with van der Waals surface area (Å²) in [6, 6.07) is 3.80. The van der Waals surface area contributed by atoms with Gasteiger partial charge in [0, 0.05) is 21.7 Å². The highest BCUT2D eigenvalue weighted by Crippen LogP contribution is 2.32. The summed E-state index contributed by atoms with van der Waals surface area (Å²) in [5, 5.41) is 9.57. The Bertz CT molecular complexity index is 692. The van der Waals surface area contributed by atoms with Crippen LogP contribution in [0.15, 0.2) is 12.1 Å². The zero-order valence-electron chi connectivity index (χ0n) is 10.9. The lowest BCUT2D eigenvalue weighted by molar-refractivity contribution is 0.670. The van der Waals surface area contributed by atoms with Crippen molar-refractivity contribution in [2.45, 2.75) is 32.6 Å². The summed E-state index contributed by atoms with van der Waals surface area (Å²) in [7, 11) is 0. The molecular formula is C15H16ClN3. The lowest BCUT2D eigenvalue weighted by Crippen LogP contribution is -2.19. The maximum absolute atomic E-state index is 7.90. The highest BCUT2D eigenvalue weighted by atomic mass is 35.5. The molecule has 1 aliphatic carbocycles. The molecule has 2 aromatic rings. The molecule has 0 saturated heterocycles. The van der Waals surface area contributed by atoms with Crippen molar-refractivity contribution in [3.8, 4) is 0 Å². The Balaban J connectivity index is 2.45. The topological polar surface area (TPSA) is 62.8 Å². The van der Waals surface area contributed by atoms with Crippen LogP contribution in [0.1, 0.15) is 35.2 Å². The highest BCUT2D eigenvalue weighted by molar-refractivity contribution is 6.32. The van der Waals surface area contributed by atoms with Gasteiger partial charge in [0.25, 0.3) is 0 Å². The zero-order valence-corrected chi connectivity index (χ0v) is 11.6. The number of amidine groups is 1. The molecule has 1 aromatic heterocycles. The van der Waals surface area contributed by atoms with E-state index in [9.17, 15) is 0 Å². The SMILES string of the molecule is Cc1c(Cl)ccc2c(C(=N)N)c3c(nc12)CCCC3. The van der Waals surface area contributed by atoms with E-state index in [1.807, 2.05) is 19.1 Å². The number of hydrogen-bond acceptors (Lipinski definition) is 2. The third kappa shape index (κ3) is 1.89. The van der Waals surface area contributed by atoms with Gasteiger partial charge < -0.3 is 5.73 Å². The largest absolute Gasteiger partial charge is 0.384 e. The lowest BCUT2D eigenvalue weighted by atomic mass is 9.89. The number of nitrogens with two attached hydrogens (primary N) is 1. The maximum atomic E-state index is 7.90. The fourth-order valence-electron chi connectivity index (χ4n) is 2.91. The van der Waals surface area contributed by atoms with Crippen molar-refractivity contribution in [2.75, 3.05) is 0 Å². The summed E-state index contributed by atoms with van der Waals surface area (Å²) >= 11 is 6.18. The molecule has 0 spiro atoms. The van der Waals surface area contributed by atoms with E-state index in [0.29, 0.717) is 5.02 Å². The third-order valence-corrected chi connectivity index (χ3v) is 4.30. The number of aromatic nitrogens is 1. The summed E-state index contributed by atoms with van der Waals surface area (Å²) in [4.78, 5) is 4.78. The van der Waals surface area contributed by atoms with Crippen LogP contribution in [0.5, 0.6) is 0 Å². The molecule has 0 aliphatic heterocycles. The van der Waals surface area contributed by atoms with Crippen molar-refractivity contribution in [3.63, 3.8) is 0 Å². The third-order valence-electron chi connectivity index (χ3n) is 3.89. The highest BCUT2D eigenvalue weighted by Gasteiger charge is 2.20. The van der Waals surface area contributed by atoms with Gasteiger partial charge in [0.05, 0.1) is 5.52 Å². The first-order valence-corrected chi connectivity index (χ1v) is 6.92. The Kier molecular flexibility index (Phi) is 2.94. The van der Waals surface area contributed by atoms with E-state index in [0.717, 1.165) is 59.0 Å². The number of halogens is 1. The summed E-state index contributed by atoms with van der Waals surface area (Å²) in [5.41, 5.74) is 10.8. The molecular weight excluding hydrogens is 258 g/mol. The first-order valence-electron chi connectivity index (χ1n) is 6.54. The Morgan fingerprint density at radius 2 is 2.05 bits per heavy atom. The van der Waals surface area contributed by atoms with Crippen LogP contribution < -0.4 is 5.73 Å². The number of rotatable bonds is 1. The van der Waals surface area contributed by atoms with Crippen molar-refractivity contribution in [2.24, 2.45) is 5.73 Å². The maximum Gasteiger partial charge on any atom is 0.123 e. The van der Waals surface area contributed by atoms with Crippen LogP contribution in [-0.4, -0.2) is 10.8 Å². The Labute approximate surface area is 117 Å². The van der Waals surface area contributed by atoms with E-state index in [2.05, 4.69) is 0 Å². The van der Waals surface area contributed by atoms with Crippen LogP contribution in [-0.2, 0) is 12.8 Å². The van der Waals surface area contributed by atoms with Gasteiger partial charge in [-0.15, -0.1) is 0 Å². The first-order chi connectivity index (χ1) is 9.09. The summed E-state index contributed by atoms with van der Waals surface area (Å²) in [5.74, 6) is 0.132. The number of nitrogens with one attached hydrogen (secondary N) is 1. The van der Waals surface area contributed by atoms with E-state index in [1.54, 1.807) is 0 Å². The molecule has 0 atom stereocenters. The molecule has 3 N–H and O–H groups in total. The molecule has 0 radical (unpaired) electrons. The Morgan fingerprint density at radius 1 is 1.32 bits per heavy atom. The fraction of sp³-hybridized carbons (Fsp3) is 0.333. The van der Waals surface area contributed by atoms with Crippen molar-refractivity contribution < 1.29 is 0 Å². The minimum absolute atomic E-state index is 0.132. The van der Waals surface area contributed by atoms with Gasteiger partial charge in [-0.3, -0.25) is 10.4 Å². The van der Waals surface area contributed by atoms with E-state index in [4.69, 9.17) is 27.7 Å². The van der Waals surface area contributed by atoms with E-state index in [1.165, 1.54) is 0 Å². The van der Waals surface area contributed by atoms with Gasteiger partial charge in [-0.1, -0.05) is 17.7 Å². The molecule has 4 heteroatoms. The van der Waals surface area contributed by atoms with Gasteiger partial charge in [-0.25, -0.2) is 0 Å². The number of pyridine rings is 1. The number of fused-ring (bicyclic) bond motifs is 2. The molecule has 1 aromatic carbocycles. The van der Waals surface area contributed by atoms with Gasteiger partial charge in [0.2, 0.25) is 0 Å². The second kappa shape index (κ2) is 4.49. The number of benzene rings is 1. The molecule has 0 unspecified atom stereocenters. The van der Waals surface area contributed by atoms with Crippen LogP contribution in [0.3, 0.4) is 0 Å². The molecule has 1 aliphatic rings. The standard InChI is InChI=1S/C15H16ClN3/c1-8-11(16)7-6-10-13(15(17)18)9-4-2-3-5-12(9)19-14(8)10/h6-7H,2-5H2,1H3,(H3,17,18). The van der Waals surface area contributed by atoms with E-state index >= 15 is 0 Å². The van der Waals surface area contributed by atoms with E-state index < -0.39 is 0 Å². The molecule has 0 fully saturated rings. The van der Waals surface area contributed by atoms with Crippen molar-refractivity contribution in [3.05, 3.63) is 39.5 Å². The second-order valence-corrected chi connectivity index (χ2v) is 5.51. The van der Waals surface area contributed by atoms with Crippen LogP contribution in [0, 0.1) is 12.3 Å². The summed E-state index contributed by atoms with van der Waals surface area (Å²) in [6.45, 7) is 1.97. The minimum Gasteiger partial charge on any atom is -0.384 e. The monoisotopic (exact) mass is 273 g/mol. The number of nitrogen functional groups attached to an aromatic ring is 1. The van der Waals surface area contributed by atoms with Crippen molar-refractivity contribution >= 4 is 28.3 Å². The molecule has 1 heterocycles. The van der Waals surface area contributed by atoms with Gasteiger partial charge in [-0.2, -0.15) is 0 Å². The summed E-state index contributed by atoms with van der Waals surface area (Å²) in [6.07, 6.45) is 4.24. The Hall–Kier alpha value is -1.61. The summed E-state index contributed by atoms with van der Waals surface area (Å²) < 4.78 is 0. The average molecular weight is 274 g/mol. The number of nitrogens with zero attached hydrogens (tertiary/aromatic N) is 1. The second-order valence-electron chi connectivity index (χ2n) is 5.10. The van der Waals surface area contributed by atoms with Crippen molar-refractivity contribution in [1.82, 2.24) is 4.98 Å². The predicted molar refractivity (Wildman–Crippen MR) is 79.1 cm³/mol. The van der Waals surface area contributed by atoms with Crippen LogP contribution in [0.2, 0.25) is 5.02 Å². The molecule has 98 valence electrons. The molecule has 3 nitrogen and oxygen atoms in total. The van der Waals surface area contributed by atoms with E-state index in [-0.39, 0.29) is 5.84 Å². The van der Waals surface area contributed by atoms with Gasteiger partial charge in [-0.05, 0) is 49.8 Å². The zero-order chi connectivity index (χ0) is 13.6. The molecule has 19 heavy (non-hydrogen) atoms. The molecule has 0 amide bonds. The smallest absolute Gasteiger partial charge is 0.123 e. The Morgan fingerprint density at radius 3 is 2.79 bits per heavy atom. The predicted octanol–water partition coefficient (Wildman–Crippen LogP) is 3.36. The molecule has 3 rings (SSSR count). The molecule has 0 saturated carbocycles. The van der Waals surface area contributed by atoms with Gasteiger partial charge >= 0.3 is 0 Å². The average Bonchev–Trinajstić information content (AvgIpc) is 2.40. The molecule has 0 bridgehead atoms.